The molecule has 1 amide bonds. The SMILES string of the molecule is Cc1nc(-c2ccc(F)cc2)n(CC(=O)Nc2ccccc2C(F)(F)F)c(=O)c1CCO. The molecule has 10 heteroatoms. The van der Waals surface area contributed by atoms with E-state index in [0.717, 1.165) is 28.8 Å². The number of nitrogens with zero attached hydrogens (tertiary/aromatic N) is 2. The third-order valence-corrected chi connectivity index (χ3v) is 4.74. The second kappa shape index (κ2) is 9.31. The molecule has 0 saturated heterocycles. The summed E-state index contributed by atoms with van der Waals surface area (Å²) < 4.78 is 54.0. The molecule has 1 aromatic heterocycles. The summed E-state index contributed by atoms with van der Waals surface area (Å²) in [5.41, 5.74) is -1.26. The average Bonchev–Trinajstić information content (AvgIpc) is 2.73. The lowest BCUT2D eigenvalue weighted by atomic mass is 10.1. The van der Waals surface area contributed by atoms with Gasteiger partial charge in [0.05, 0.1) is 11.3 Å². The molecule has 168 valence electrons. The molecule has 2 N–H and O–H groups in total. The molecule has 1 heterocycles. The summed E-state index contributed by atoms with van der Waals surface area (Å²) in [6.45, 7) is 0.589. The van der Waals surface area contributed by atoms with Crippen LogP contribution in [-0.2, 0) is 23.9 Å². The van der Waals surface area contributed by atoms with Crippen LogP contribution in [0.3, 0.4) is 0 Å². The van der Waals surface area contributed by atoms with Gasteiger partial charge in [-0.15, -0.1) is 0 Å². The van der Waals surface area contributed by atoms with Crippen LogP contribution in [0.2, 0.25) is 0 Å². The molecule has 0 aliphatic rings. The summed E-state index contributed by atoms with van der Waals surface area (Å²) in [4.78, 5) is 30.0. The molecule has 0 aliphatic heterocycles. The summed E-state index contributed by atoms with van der Waals surface area (Å²) in [5.74, 6) is -1.35. The van der Waals surface area contributed by atoms with Crippen LogP contribution in [0.25, 0.3) is 11.4 Å². The number of rotatable bonds is 6. The number of amides is 1. The van der Waals surface area contributed by atoms with E-state index in [0.29, 0.717) is 11.3 Å². The molecule has 0 spiro atoms. The Labute approximate surface area is 180 Å². The van der Waals surface area contributed by atoms with Gasteiger partial charge in [-0.1, -0.05) is 12.1 Å². The van der Waals surface area contributed by atoms with Gasteiger partial charge in [-0.2, -0.15) is 13.2 Å². The summed E-state index contributed by atoms with van der Waals surface area (Å²) in [6, 6.07) is 9.53. The van der Waals surface area contributed by atoms with Gasteiger partial charge in [-0.05, 0) is 43.3 Å². The van der Waals surface area contributed by atoms with Gasteiger partial charge in [0.1, 0.15) is 18.2 Å². The molecule has 0 bridgehead atoms. The lowest BCUT2D eigenvalue weighted by molar-refractivity contribution is -0.137. The highest BCUT2D eigenvalue weighted by molar-refractivity contribution is 5.91. The normalized spacial score (nSPS) is 11.4. The second-order valence-corrected chi connectivity index (χ2v) is 6.96. The lowest BCUT2D eigenvalue weighted by Gasteiger charge is -2.17. The Morgan fingerprint density at radius 2 is 1.78 bits per heavy atom. The van der Waals surface area contributed by atoms with Crippen molar-refractivity contribution in [3.05, 3.63) is 81.5 Å². The highest BCUT2D eigenvalue weighted by Gasteiger charge is 2.33. The monoisotopic (exact) mass is 449 g/mol. The first kappa shape index (κ1) is 23.1. The van der Waals surface area contributed by atoms with E-state index in [1.54, 1.807) is 6.92 Å². The van der Waals surface area contributed by atoms with Crippen LogP contribution in [0.1, 0.15) is 16.8 Å². The van der Waals surface area contributed by atoms with Gasteiger partial charge in [-0.25, -0.2) is 9.37 Å². The van der Waals surface area contributed by atoms with Crippen LogP contribution in [0.15, 0.2) is 53.3 Å². The van der Waals surface area contributed by atoms with Gasteiger partial charge < -0.3 is 10.4 Å². The molecule has 0 unspecified atom stereocenters. The van der Waals surface area contributed by atoms with Crippen molar-refractivity contribution in [3.63, 3.8) is 0 Å². The van der Waals surface area contributed by atoms with E-state index >= 15 is 0 Å². The molecule has 0 aliphatic carbocycles. The Kier molecular flexibility index (Phi) is 6.73. The van der Waals surface area contributed by atoms with Crippen LogP contribution in [-0.4, -0.2) is 27.2 Å². The van der Waals surface area contributed by atoms with Crippen molar-refractivity contribution in [2.75, 3.05) is 11.9 Å². The first-order valence-electron chi connectivity index (χ1n) is 9.55. The second-order valence-electron chi connectivity index (χ2n) is 6.96. The average molecular weight is 449 g/mol. The quantitative estimate of drug-likeness (QED) is 0.564. The van der Waals surface area contributed by atoms with Crippen LogP contribution < -0.4 is 10.9 Å². The molecule has 0 radical (unpaired) electrons. The number of nitrogens with one attached hydrogen (secondary N) is 1. The van der Waals surface area contributed by atoms with Crippen molar-refractivity contribution in [2.45, 2.75) is 26.1 Å². The van der Waals surface area contributed by atoms with Crippen molar-refractivity contribution in [3.8, 4) is 11.4 Å². The van der Waals surface area contributed by atoms with Gasteiger partial charge in [-0.3, -0.25) is 14.2 Å². The maximum absolute atomic E-state index is 13.3. The summed E-state index contributed by atoms with van der Waals surface area (Å²) >= 11 is 0. The number of hydrogen-bond acceptors (Lipinski definition) is 4. The highest BCUT2D eigenvalue weighted by Crippen LogP contribution is 2.34. The van der Waals surface area contributed by atoms with E-state index < -0.39 is 41.3 Å². The molecule has 3 rings (SSSR count). The zero-order chi connectivity index (χ0) is 23.5. The third-order valence-electron chi connectivity index (χ3n) is 4.74. The number of alkyl halides is 3. The van der Waals surface area contributed by atoms with Gasteiger partial charge in [0.25, 0.3) is 5.56 Å². The zero-order valence-electron chi connectivity index (χ0n) is 16.9. The maximum Gasteiger partial charge on any atom is 0.418 e. The standard InChI is InChI=1S/C22H19F4N3O3/c1-13-16(10-11-30)21(32)29(20(27-13)14-6-8-15(23)9-7-14)12-19(31)28-18-5-3-2-4-17(18)22(24,25)26/h2-9,30H,10-12H2,1H3,(H,28,31). The molecule has 32 heavy (non-hydrogen) atoms. The van der Waals surface area contributed by atoms with Gasteiger partial charge in [0.2, 0.25) is 5.91 Å². The minimum atomic E-state index is -4.68. The fourth-order valence-corrected chi connectivity index (χ4v) is 3.24. The van der Waals surface area contributed by atoms with E-state index in [4.69, 9.17) is 0 Å². The number of halogens is 4. The predicted molar refractivity (Wildman–Crippen MR) is 109 cm³/mol. The van der Waals surface area contributed by atoms with E-state index in [1.165, 1.54) is 24.3 Å². The van der Waals surface area contributed by atoms with Gasteiger partial charge in [0, 0.05) is 29.8 Å². The van der Waals surface area contributed by atoms with Crippen LogP contribution in [0.5, 0.6) is 0 Å². The minimum Gasteiger partial charge on any atom is -0.396 e. The number of aromatic nitrogens is 2. The summed E-state index contributed by atoms with van der Waals surface area (Å²) in [7, 11) is 0. The Morgan fingerprint density at radius 1 is 1.12 bits per heavy atom. The van der Waals surface area contributed by atoms with Crippen LogP contribution >= 0.6 is 0 Å². The van der Waals surface area contributed by atoms with Crippen LogP contribution in [0, 0.1) is 12.7 Å². The Bertz CT molecular complexity index is 1190. The fourth-order valence-electron chi connectivity index (χ4n) is 3.24. The number of anilines is 1. The Balaban J connectivity index is 2.03. The molecule has 2 aromatic carbocycles. The molecular weight excluding hydrogens is 430 g/mol. The first-order chi connectivity index (χ1) is 15.1. The zero-order valence-corrected chi connectivity index (χ0v) is 16.9. The smallest absolute Gasteiger partial charge is 0.396 e. The largest absolute Gasteiger partial charge is 0.418 e. The fraction of sp³-hybridized carbons (Fsp3) is 0.227. The van der Waals surface area contributed by atoms with Crippen LogP contribution in [0.4, 0.5) is 23.2 Å². The number of aliphatic hydroxyl groups excluding tert-OH is 1. The first-order valence-corrected chi connectivity index (χ1v) is 9.55. The van der Waals surface area contributed by atoms with E-state index in [9.17, 15) is 32.3 Å². The molecule has 0 atom stereocenters. The van der Waals surface area contributed by atoms with E-state index in [-0.39, 0.29) is 24.4 Å². The highest BCUT2D eigenvalue weighted by atomic mass is 19.4. The number of para-hydroxylation sites is 1. The van der Waals surface area contributed by atoms with Crippen molar-refractivity contribution in [2.24, 2.45) is 0 Å². The van der Waals surface area contributed by atoms with Gasteiger partial charge >= 0.3 is 6.18 Å². The van der Waals surface area contributed by atoms with E-state index in [2.05, 4.69) is 10.3 Å². The Morgan fingerprint density at radius 3 is 2.41 bits per heavy atom. The number of aryl methyl sites for hydroxylation is 1. The topological polar surface area (TPSA) is 84.2 Å². The number of carbonyl (C=O) groups excluding carboxylic acids is 1. The van der Waals surface area contributed by atoms with Crippen molar-refractivity contribution in [1.82, 2.24) is 9.55 Å². The summed E-state index contributed by atoms with van der Waals surface area (Å²) in [5, 5.41) is 11.4. The molecule has 0 saturated carbocycles. The van der Waals surface area contributed by atoms with E-state index in [1.807, 2.05) is 0 Å². The molecule has 3 aromatic rings. The minimum absolute atomic E-state index is 0.0140. The maximum atomic E-state index is 13.3. The molecule has 6 nitrogen and oxygen atoms in total. The predicted octanol–water partition coefficient (Wildman–Crippen LogP) is 3.55. The Hall–Kier alpha value is -3.53. The number of aliphatic hydroxyl groups is 1. The van der Waals surface area contributed by atoms with Crippen molar-refractivity contribution >= 4 is 11.6 Å². The van der Waals surface area contributed by atoms with Crippen molar-refractivity contribution in [1.29, 1.82) is 0 Å². The molecular formula is C22H19F4N3O3. The lowest BCUT2D eigenvalue weighted by Crippen LogP contribution is -2.33. The molecule has 0 fully saturated rings. The third kappa shape index (κ3) is 5.02. The number of hydrogen-bond donors (Lipinski definition) is 2. The number of carbonyl (C=O) groups is 1. The summed E-state index contributed by atoms with van der Waals surface area (Å²) in [6.07, 6.45) is -4.69. The van der Waals surface area contributed by atoms with Crippen molar-refractivity contribution < 1.29 is 27.5 Å². The number of benzene rings is 2. The van der Waals surface area contributed by atoms with Gasteiger partial charge in [0.15, 0.2) is 0 Å².